The second-order valence-corrected chi connectivity index (χ2v) is 12.2. The third-order valence-electron chi connectivity index (χ3n) is 9.26. The Balaban J connectivity index is 1.19. The Morgan fingerprint density at radius 2 is 1.57 bits per heavy atom. The number of piperazine rings is 1. The SMILES string of the molecule is CCCCN1C(=O)[C@H](CC2(O)CCCCC2)NC(=O)C12CCN(Cc1ccc(Oc3ccc(C(=O)O)cc3)cc1)CC2. The largest absolute Gasteiger partial charge is 0.478 e. The highest BCUT2D eigenvalue weighted by Crippen LogP contribution is 2.37. The summed E-state index contributed by atoms with van der Waals surface area (Å²) in [4.78, 5) is 42.7. The highest BCUT2D eigenvalue weighted by atomic mass is 16.5. The smallest absolute Gasteiger partial charge is 0.335 e. The molecule has 3 fully saturated rings. The maximum absolute atomic E-state index is 13.8. The van der Waals surface area contributed by atoms with E-state index in [-0.39, 0.29) is 17.4 Å². The van der Waals surface area contributed by atoms with Gasteiger partial charge < -0.3 is 25.2 Å². The molecule has 2 aromatic rings. The van der Waals surface area contributed by atoms with Gasteiger partial charge in [-0.1, -0.05) is 44.7 Å². The minimum Gasteiger partial charge on any atom is -0.478 e. The number of amides is 2. The molecule has 0 radical (unpaired) electrons. The molecule has 3 N–H and O–H groups in total. The van der Waals surface area contributed by atoms with Crippen LogP contribution in [0.5, 0.6) is 11.5 Å². The first-order valence-corrected chi connectivity index (χ1v) is 15.4. The number of aliphatic hydroxyl groups is 1. The van der Waals surface area contributed by atoms with Crippen LogP contribution < -0.4 is 10.1 Å². The van der Waals surface area contributed by atoms with Crippen LogP contribution in [0.25, 0.3) is 0 Å². The zero-order chi connectivity index (χ0) is 29.7. The first-order valence-electron chi connectivity index (χ1n) is 15.4. The van der Waals surface area contributed by atoms with Crippen molar-refractivity contribution in [1.82, 2.24) is 15.1 Å². The predicted octanol–water partition coefficient (Wildman–Crippen LogP) is 4.72. The van der Waals surface area contributed by atoms with E-state index in [9.17, 15) is 19.5 Å². The van der Waals surface area contributed by atoms with Crippen LogP contribution >= 0.6 is 0 Å². The van der Waals surface area contributed by atoms with Crippen LogP contribution in [-0.2, 0) is 16.1 Å². The second-order valence-electron chi connectivity index (χ2n) is 12.2. The van der Waals surface area contributed by atoms with E-state index >= 15 is 0 Å². The van der Waals surface area contributed by atoms with E-state index in [2.05, 4.69) is 17.1 Å². The number of hydrogen-bond donors (Lipinski definition) is 3. The molecule has 0 aromatic heterocycles. The van der Waals surface area contributed by atoms with E-state index in [4.69, 9.17) is 9.84 Å². The highest BCUT2D eigenvalue weighted by Gasteiger charge is 2.54. The number of aromatic carboxylic acids is 1. The van der Waals surface area contributed by atoms with Crippen LogP contribution in [-0.4, -0.2) is 74.6 Å². The fourth-order valence-electron chi connectivity index (χ4n) is 6.75. The van der Waals surface area contributed by atoms with E-state index in [0.717, 1.165) is 44.2 Å². The first-order chi connectivity index (χ1) is 20.2. The summed E-state index contributed by atoms with van der Waals surface area (Å²) in [6, 6.07) is 13.5. The summed E-state index contributed by atoms with van der Waals surface area (Å²) in [6.07, 6.45) is 7.66. The number of likely N-dealkylation sites (tertiary alicyclic amines) is 1. The number of unbranched alkanes of at least 4 members (excludes halogenated alkanes) is 1. The number of carbonyl (C=O) groups is 3. The molecule has 1 aliphatic carbocycles. The number of ether oxygens (including phenoxy) is 1. The van der Waals surface area contributed by atoms with Crippen LogP contribution in [0.15, 0.2) is 48.5 Å². The topological polar surface area (TPSA) is 119 Å². The molecule has 1 saturated carbocycles. The van der Waals surface area contributed by atoms with Crippen molar-refractivity contribution in [3.8, 4) is 11.5 Å². The Morgan fingerprint density at radius 3 is 2.17 bits per heavy atom. The Hall–Kier alpha value is -3.43. The molecule has 9 nitrogen and oxygen atoms in total. The fraction of sp³-hybridized carbons (Fsp3) is 0.545. The van der Waals surface area contributed by atoms with Gasteiger partial charge in [-0.25, -0.2) is 4.79 Å². The second kappa shape index (κ2) is 12.8. The summed E-state index contributed by atoms with van der Waals surface area (Å²) in [5.74, 6) is 0.147. The van der Waals surface area contributed by atoms with Crippen LogP contribution in [0.3, 0.4) is 0 Å². The first kappa shape index (κ1) is 30.0. The van der Waals surface area contributed by atoms with Gasteiger partial charge >= 0.3 is 5.97 Å². The number of carboxylic acids is 1. The van der Waals surface area contributed by atoms with Gasteiger partial charge in [0.1, 0.15) is 23.1 Å². The van der Waals surface area contributed by atoms with Gasteiger partial charge in [-0.15, -0.1) is 0 Å². The lowest BCUT2D eigenvalue weighted by Crippen LogP contribution is -2.73. The average molecular weight is 578 g/mol. The van der Waals surface area contributed by atoms with Crippen LogP contribution in [0.1, 0.15) is 87.1 Å². The molecule has 1 spiro atoms. The lowest BCUT2D eigenvalue weighted by Gasteiger charge is -2.52. The normalized spacial score (nSPS) is 22.1. The molecule has 2 aromatic carbocycles. The Labute approximate surface area is 247 Å². The maximum Gasteiger partial charge on any atom is 0.335 e. The van der Waals surface area contributed by atoms with Gasteiger partial charge in [0.25, 0.3) is 0 Å². The van der Waals surface area contributed by atoms with Crippen molar-refractivity contribution in [1.29, 1.82) is 0 Å². The van der Waals surface area contributed by atoms with Gasteiger partial charge in [-0.2, -0.15) is 0 Å². The molecule has 1 atom stereocenters. The molecule has 0 bridgehead atoms. The Bertz CT molecular complexity index is 1250. The number of hydrogen-bond acceptors (Lipinski definition) is 6. The molecule has 226 valence electrons. The number of benzene rings is 2. The molecule has 3 aliphatic rings. The maximum atomic E-state index is 13.8. The number of rotatable bonds is 10. The van der Waals surface area contributed by atoms with Gasteiger partial charge in [0.15, 0.2) is 0 Å². The molecule has 2 amide bonds. The van der Waals surface area contributed by atoms with Crippen molar-refractivity contribution in [2.24, 2.45) is 0 Å². The van der Waals surface area contributed by atoms with Gasteiger partial charge in [0.05, 0.1) is 11.2 Å². The summed E-state index contributed by atoms with van der Waals surface area (Å²) < 4.78 is 5.86. The Morgan fingerprint density at radius 1 is 0.952 bits per heavy atom. The van der Waals surface area contributed by atoms with Crippen molar-refractivity contribution in [3.05, 3.63) is 59.7 Å². The third kappa shape index (κ3) is 6.63. The molecule has 2 heterocycles. The van der Waals surface area contributed by atoms with Crippen LogP contribution in [0.2, 0.25) is 0 Å². The number of piperidine rings is 1. The van der Waals surface area contributed by atoms with Gasteiger partial charge in [-0.3, -0.25) is 14.5 Å². The minimum atomic E-state index is -0.975. The van der Waals surface area contributed by atoms with E-state index in [1.165, 1.54) is 12.1 Å². The van der Waals surface area contributed by atoms with Crippen LogP contribution in [0.4, 0.5) is 0 Å². The predicted molar refractivity (Wildman–Crippen MR) is 158 cm³/mol. The van der Waals surface area contributed by atoms with Crippen molar-refractivity contribution in [3.63, 3.8) is 0 Å². The molecule has 42 heavy (non-hydrogen) atoms. The molecular formula is C33H43N3O6. The highest BCUT2D eigenvalue weighted by molar-refractivity contribution is 6.00. The van der Waals surface area contributed by atoms with Gasteiger partial charge in [0.2, 0.25) is 11.8 Å². The van der Waals surface area contributed by atoms with E-state index in [1.807, 2.05) is 29.2 Å². The number of nitrogens with zero attached hydrogens (tertiary/aromatic N) is 2. The summed E-state index contributed by atoms with van der Waals surface area (Å²) in [5, 5.41) is 23.2. The number of carboxylic acid groups (broad SMARTS) is 1. The summed E-state index contributed by atoms with van der Waals surface area (Å²) in [6.45, 7) is 4.79. The van der Waals surface area contributed by atoms with Crippen molar-refractivity contribution in [2.75, 3.05) is 19.6 Å². The van der Waals surface area contributed by atoms with E-state index in [0.29, 0.717) is 63.2 Å². The van der Waals surface area contributed by atoms with Crippen LogP contribution in [0, 0.1) is 0 Å². The third-order valence-corrected chi connectivity index (χ3v) is 9.26. The van der Waals surface area contributed by atoms with E-state index in [1.54, 1.807) is 12.1 Å². The Kier molecular flexibility index (Phi) is 9.18. The zero-order valence-corrected chi connectivity index (χ0v) is 24.5. The lowest BCUT2D eigenvalue weighted by atomic mass is 9.77. The summed E-state index contributed by atoms with van der Waals surface area (Å²) >= 11 is 0. The molecule has 0 unspecified atom stereocenters. The number of nitrogens with one attached hydrogen (secondary N) is 1. The van der Waals surface area contributed by atoms with Gasteiger partial charge in [-0.05, 0) is 74.1 Å². The van der Waals surface area contributed by atoms with Crippen molar-refractivity contribution in [2.45, 2.75) is 94.9 Å². The van der Waals surface area contributed by atoms with E-state index < -0.39 is 23.2 Å². The quantitative estimate of drug-likeness (QED) is 0.374. The zero-order valence-electron chi connectivity index (χ0n) is 24.5. The molecule has 2 aliphatic heterocycles. The van der Waals surface area contributed by atoms with Crippen molar-refractivity contribution >= 4 is 17.8 Å². The molecule has 9 heteroatoms. The summed E-state index contributed by atoms with van der Waals surface area (Å²) in [5.41, 5.74) is -0.376. The lowest BCUT2D eigenvalue weighted by molar-refractivity contribution is -0.163. The standard InChI is InChI=1S/C33H43N3O6/c1-2-3-19-36-29(37)28(22-32(41)15-5-4-6-16-32)34-31(40)33(36)17-20-35(21-18-33)23-24-7-11-26(12-8-24)42-27-13-9-25(10-14-27)30(38)39/h7-14,28,41H,2-6,15-23H2,1H3,(H,34,40)(H,38,39)/t28-/m0/s1. The molecule has 5 rings (SSSR count). The average Bonchev–Trinajstić information content (AvgIpc) is 2.98. The minimum absolute atomic E-state index is 0.0383. The van der Waals surface area contributed by atoms with Gasteiger partial charge in [0, 0.05) is 32.6 Å². The fourth-order valence-corrected chi connectivity index (χ4v) is 6.75. The molecule has 2 saturated heterocycles. The number of carbonyl (C=O) groups excluding carboxylic acids is 2. The monoisotopic (exact) mass is 577 g/mol. The molecular weight excluding hydrogens is 534 g/mol. The van der Waals surface area contributed by atoms with Crippen molar-refractivity contribution < 1.29 is 29.3 Å². The summed E-state index contributed by atoms with van der Waals surface area (Å²) in [7, 11) is 0.